The lowest BCUT2D eigenvalue weighted by atomic mass is 10.0. The lowest BCUT2D eigenvalue weighted by Crippen LogP contribution is -2.28. The van der Waals surface area contributed by atoms with E-state index >= 15 is 0 Å². The molecule has 0 saturated carbocycles. The maximum absolute atomic E-state index is 12.3. The monoisotopic (exact) mass is 278 g/mol. The molecule has 5 nitrogen and oxygen atoms in total. The van der Waals surface area contributed by atoms with Crippen LogP contribution < -0.4 is 10.6 Å². The molecule has 110 valence electrons. The molecule has 0 bridgehead atoms. The Hall–Kier alpha value is -1.59. The van der Waals surface area contributed by atoms with Crippen molar-refractivity contribution in [1.82, 2.24) is 0 Å². The third kappa shape index (κ3) is 3.71. The molecule has 0 aromatic heterocycles. The van der Waals surface area contributed by atoms with Gasteiger partial charge in [0, 0.05) is 20.3 Å². The highest BCUT2D eigenvalue weighted by Crippen LogP contribution is 2.25. The zero-order valence-electron chi connectivity index (χ0n) is 12.0. The summed E-state index contributed by atoms with van der Waals surface area (Å²) in [5, 5.41) is 6.24. The number of hydrogen-bond acceptors (Lipinski definition) is 4. The molecule has 2 N–H and O–H groups in total. The predicted octanol–water partition coefficient (Wildman–Crippen LogP) is 2.11. The van der Waals surface area contributed by atoms with E-state index < -0.39 is 0 Å². The minimum absolute atomic E-state index is 0.0105. The van der Waals surface area contributed by atoms with E-state index in [4.69, 9.17) is 9.47 Å². The number of benzene rings is 1. The average molecular weight is 278 g/mol. The zero-order valence-corrected chi connectivity index (χ0v) is 12.0. The van der Waals surface area contributed by atoms with Crippen LogP contribution in [0.1, 0.15) is 13.3 Å². The number of carbonyl (C=O) groups excluding carboxylic acids is 1. The summed E-state index contributed by atoms with van der Waals surface area (Å²) in [5.41, 5.74) is 1.71. The molecule has 1 saturated heterocycles. The summed E-state index contributed by atoms with van der Waals surface area (Å²) >= 11 is 0. The molecular formula is C15H22N2O3. The first kappa shape index (κ1) is 14.8. The second-order valence-electron chi connectivity index (χ2n) is 4.93. The molecule has 1 aliphatic rings. The normalized spacial score (nSPS) is 21.7. The van der Waals surface area contributed by atoms with Crippen LogP contribution in [0.25, 0.3) is 0 Å². The van der Waals surface area contributed by atoms with Crippen LogP contribution in [-0.2, 0) is 14.3 Å². The summed E-state index contributed by atoms with van der Waals surface area (Å²) in [6.45, 7) is 3.93. The third-order valence-corrected chi connectivity index (χ3v) is 3.52. The zero-order chi connectivity index (χ0) is 14.4. The van der Waals surface area contributed by atoms with Crippen LogP contribution in [0.2, 0.25) is 0 Å². The first-order valence-electron chi connectivity index (χ1n) is 6.96. The fourth-order valence-corrected chi connectivity index (χ4v) is 2.34. The van der Waals surface area contributed by atoms with Crippen molar-refractivity contribution in [2.45, 2.75) is 19.4 Å². The largest absolute Gasteiger partial charge is 0.383 e. The first-order valence-corrected chi connectivity index (χ1v) is 6.96. The first-order chi connectivity index (χ1) is 9.72. The summed E-state index contributed by atoms with van der Waals surface area (Å²) in [4.78, 5) is 12.3. The standard InChI is InChI=1S/C15H22N2O3/c1-11-12(7-9-20-11)15(18)17-14-6-4-3-5-13(14)16-8-10-19-2/h3-6,11-12,16H,7-10H2,1-2H3,(H,17,18)/t11-,12-/m0/s1. The maximum atomic E-state index is 12.3. The fourth-order valence-electron chi connectivity index (χ4n) is 2.34. The van der Waals surface area contributed by atoms with E-state index in [1.807, 2.05) is 31.2 Å². The maximum Gasteiger partial charge on any atom is 0.230 e. The van der Waals surface area contributed by atoms with Gasteiger partial charge in [0.05, 0.1) is 30.0 Å². The number of ether oxygens (including phenoxy) is 2. The summed E-state index contributed by atoms with van der Waals surface area (Å²) in [6.07, 6.45) is 0.773. The number of hydrogen-bond donors (Lipinski definition) is 2. The number of carbonyl (C=O) groups is 1. The highest BCUT2D eigenvalue weighted by molar-refractivity contribution is 5.96. The second kappa shape index (κ2) is 7.26. The van der Waals surface area contributed by atoms with Crippen molar-refractivity contribution >= 4 is 17.3 Å². The van der Waals surface area contributed by atoms with Crippen LogP contribution >= 0.6 is 0 Å². The highest BCUT2D eigenvalue weighted by Gasteiger charge is 2.30. The lowest BCUT2D eigenvalue weighted by Gasteiger charge is -2.17. The van der Waals surface area contributed by atoms with Gasteiger partial charge in [-0.25, -0.2) is 0 Å². The van der Waals surface area contributed by atoms with Crippen molar-refractivity contribution in [3.8, 4) is 0 Å². The molecule has 0 aliphatic carbocycles. The van der Waals surface area contributed by atoms with E-state index in [0.717, 1.165) is 17.8 Å². The van der Waals surface area contributed by atoms with Crippen molar-refractivity contribution in [2.24, 2.45) is 5.92 Å². The minimum atomic E-state index is -0.0676. The highest BCUT2D eigenvalue weighted by atomic mass is 16.5. The van der Waals surface area contributed by atoms with Gasteiger partial charge < -0.3 is 20.1 Å². The van der Waals surface area contributed by atoms with Crippen LogP contribution in [0.4, 0.5) is 11.4 Å². The Bertz CT molecular complexity index is 450. The van der Waals surface area contributed by atoms with Crippen LogP contribution in [0.15, 0.2) is 24.3 Å². The fraction of sp³-hybridized carbons (Fsp3) is 0.533. The predicted molar refractivity (Wildman–Crippen MR) is 79.0 cm³/mol. The Morgan fingerprint density at radius 3 is 2.80 bits per heavy atom. The third-order valence-electron chi connectivity index (χ3n) is 3.52. The molecule has 1 amide bonds. The van der Waals surface area contributed by atoms with Crippen molar-refractivity contribution in [2.75, 3.05) is 37.5 Å². The molecule has 0 radical (unpaired) electrons. The molecule has 0 spiro atoms. The Labute approximate surface area is 119 Å². The van der Waals surface area contributed by atoms with Gasteiger partial charge in [-0.1, -0.05) is 12.1 Å². The van der Waals surface area contributed by atoms with E-state index in [2.05, 4.69) is 10.6 Å². The molecule has 2 atom stereocenters. The van der Waals surface area contributed by atoms with Crippen LogP contribution in [0.5, 0.6) is 0 Å². The Morgan fingerprint density at radius 2 is 2.15 bits per heavy atom. The number of methoxy groups -OCH3 is 1. The van der Waals surface area contributed by atoms with E-state index in [1.165, 1.54) is 0 Å². The Morgan fingerprint density at radius 1 is 1.40 bits per heavy atom. The molecule has 5 heteroatoms. The number of nitrogens with one attached hydrogen (secondary N) is 2. The topological polar surface area (TPSA) is 59.6 Å². The van der Waals surface area contributed by atoms with Gasteiger partial charge in [0.15, 0.2) is 0 Å². The molecule has 1 heterocycles. The van der Waals surface area contributed by atoms with Gasteiger partial charge in [0.2, 0.25) is 5.91 Å². The smallest absolute Gasteiger partial charge is 0.230 e. The van der Waals surface area contributed by atoms with E-state index in [-0.39, 0.29) is 17.9 Å². The van der Waals surface area contributed by atoms with Crippen LogP contribution in [-0.4, -0.2) is 38.9 Å². The summed E-state index contributed by atoms with van der Waals surface area (Å²) in [6, 6.07) is 7.69. The Kier molecular flexibility index (Phi) is 5.38. The van der Waals surface area contributed by atoms with E-state index in [0.29, 0.717) is 19.8 Å². The molecular weight excluding hydrogens is 256 g/mol. The van der Waals surface area contributed by atoms with Gasteiger partial charge in [-0.2, -0.15) is 0 Å². The van der Waals surface area contributed by atoms with Crippen molar-refractivity contribution in [3.05, 3.63) is 24.3 Å². The summed E-state index contributed by atoms with van der Waals surface area (Å²) in [5.74, 6) is -0.0435. The van der Waals surface area contributed by atoms with Crippen LogP contribution in [0.3, 0.4) is 0 Å². The lowest BCUT2D eigenvalue weighted by molar-refractivity contribution is -0.121. The van der Waals surface area contributed by atoms with Gasteiger partial charge in [-0.05, 0) is 25.5 Å². The Balaban J connectivity index is 1.99. The van der Waals surface area contributed by atoms with E-state index in [1.54, 1.807) is 7.11 Å². The number of rotatable bonds is 6. The SMILES string of the molecule is COCCNc1ccccc1NC(=O)[C@H]1CCO[C@H]1C. The van der Waals surface area contributed by atoms with E-state index in [9.17, 15) is 4.79 Å². The summed E-state index contributed by atoms with van der Waals surface area (Å²) < 4.78 is 10.5. The minimum Gasteiger partial charge on any atom is -0.383 e. The molecule has 1 fully saturated rings. The molecule has 0 unspecified atom stereocenters. The van der Waals surface area contributed by atoms with Crippen LogP contribution in [0, 0.1) is 5.92 Å². The average Bonchev–Trinajstić information content (AvgIpc) is 2.87. The molecule has 1 aromatic rings. The van der Waals surface area contributed by atoms with Crippen molar-refractivity contribution < 1.29 is 14.3 Å². The molecule has 2 rings (SSSR count). The van der Waals surface area contributed by atoms with Crippen molar-refractivity contribution in [1.29, 1.82) is 0 Å². The number of para-hydroxylation sites is 2. The number of amides is 1. The van der Waals surface area contributed by atoms with Gasteiger partial charge in [0.1, 0.15) is 0 Å². The summed E-state index contributed by atoms with van der Waals surface area (Å²) in [7, 11) is 1.66. The van der Waals surface area contributed by atoms with Gasteiger partial charge in [0.25, 0.3) is 0 Å². The quantitative estimate of drug-likeness (QED) is 0.782. The molecule has 1 aromatic carbocycles. The molecule has 1 aliphatic heterocycles. The second-order valence-corrected chi connectivity index (χ2v) is 4.93. The van der Waals surface area contributed by atoms with Gasteiger partial charge in [-0.15, -0.1) is 0 Å². The van der Waals surface area contributed by atoms with Gasteiger partial charge >= 0.3 is 0 Å². The number of anilines is 2. The molecule has 20 heavy (non-hydrogen) atoms. The van der Waals surface area contributed by atoms with Gasteiger partial charge in [-0.3, -0.25) is 4.79 Å². The van der Waals surface area contributed by atoms with Crippen molar-refractivity contribution in [3.63, 3.8) is 0 Å².